The molecule has 2 fully saturated rings. The number of benzene rings is 1. The number of hydrogen-bond acceptors (Lipinski definition) is 4. The molecule has 0 saturated carbocycles. The van der Waals surface area contributed by atoms with Crippen LogP contribution in [0.5, 0.6) is 0 Å². The van der Waals surface area contributed by atoms with Crippen molar-refractivity contribution >= 4 is 17.3 Å². The van der Waals surface area contributed by atoms with Crippen LogP contribution in [0.15, 0.2) is 18.2 Å². The monoisotopic (exact) mass is 317 g/mol. The zero-order valence-electron chi connectivity index (χ0n) is 14.2. The van der Waals surface area contributed by atoms with Crippen molar-refractivity contribution in [3.8, 4) is 0 Å². The predicted octanol–water partition coefficient (Wildman–Crippen LogP) is 2.25. The fourth-order valence-electron chi connectivity index (χ4n) is 3.39. The number of carbonyl (C=O) groups is 1. The summed E-state index contributed by atoms with van der Waals surface area (Å²) < 4.78 is 5.51. The van der Waals surface area contributed by atoms with E-state index in [9.17, 15) is 4.79 Å². The Bertz CT molecular complexity index is 555. The largest absolute Gasteiger partial charge is 0.376 e. The number of nitrogens with one attached hydrogen (secondary N) is 1. The van der Waals surface area contributed by atoms with Gasteiger partial charge < -0.3 is 15.0 Å². The molecule has 1 N–H and O–H groups in total. The van der Waals surface area contributed by atoms with Crippen LogP contribution in [0.2, 0.25) is 0 Å². The summed E-state index contributed by atoms with van der Waals surface area (Å²) in [4.78, 5) is 16.8. The van der Waals surface area contributed by atoms with E-state index in [1.165, 1.54) is 18.5 Å². The van der Waals surface area contributed by atoms with Gasteiger partial charge in [-0.1, -0.05) is 0 Å². The molecule has 2 aliphatic rings. The Kier molecular flexibility index (Phi) is 5.18. The molecule has 0 aromatic heterocycles. The highest BCUT2D eigenvalue weighted by atomic mass is 16.5. The van der Waals surface area contributed by atoms with Crippen molar-refractivity contribution in [2.24, 2.45) is 0 Å². The second kappa shape index (κ2) is 7.32. The lowest BCUT2D eigenvalue weighted by atomic mass is 10.1. The lowest BCUT2D eigenvalue weighted by Crippen LogP contribution is -2.44. The maximum atomic E-state index is 12.3. The minimum Gasteiger partial charge on any atom is -0.376 e. The number of anilines is 2. The lowest BCUT2D eigenvalue weighted by molar-refractivity contribution is -0.119. The van der Waals surface area contributed by atoms with Gasteiger partial charge in [0.05, 0.1) is 19.3 Å². The number of hydrogen-bond donors (Lipinski definition) is 1. The van der Waals surface area contributed by atoms with Gasteiger partial charge >= 0.3 is 0 Å². The molecule has 1 unspecified atom stereocenters. The number of amides is 1. The van der Waals surface area contributed by atoms with Crippen molar-refractivity contribution < 1.29 is 9.53 Å². The lowest BCUT2D eigenvalue weighted by Gasteiger charge is -2.30. The predicted molar refractivity (Wildman–Crippen MR) is 93.1 cm³/mol. The van der Waals surface area contributed by atoms with E-state index in [1.807, 2.05) is 13.0 Å². The molecule has 0 radical (unpaired) electrons. The highest BCUT2D eigenvalue weighted by Gasteiger charge is 2.19. The standard InChI is InChI=1S/C18H27N3O2/c1-14-11-16(21-7-3-4-8-21)5-6-17(14)19-18(22)13-20-9-10-23-15(2)12-20/h5-6,11,15H,3-4,7-10,12-13H2,1-2H3,(H,19,22). The number of morpholine rings is 1. The summed E-state index contributed by atoms with van der Waals surface area (Å²) in [5, 5.41) is 3.05. The van der Waals surface area contributed by atoms with E-state index in [0.29, 0.717) is 13.2 Å². The fourth-order valence-corrected chi connectivity index (χ4v) is 3.39. The summed E-state index contributed by atoms with van der Waals surface area (Å²) >= 11 is 0. The van der Waals surface area contributed by atoms with Crippen molar-refractivity contribution in [2.45, 2.75) is 32.8 Å². The van der Waals surface area contributed by atoms with Crippen LogP contribution in [0.25, 0.3) is 0 Å². The van der Waals surface area contributed by atoms with Gasteiger partial charge in [-0.15, -0.1) is 0 Å². The molecule has 1 amide bonds. The van der Waals surface area contributed by atoms with Crippen molar-refractivity contribution in [3.63, 3.8) is 0 Å². The Balaban J connectivity index is 1.57. The van der Waals surface area contributed by atoms with E-state index in [1.54, 1.807) is 0 Å². The van der Waals surface area contributed by atoms with Crippen LogP contribution in [-0.2, 0) is 9.53 Å². The summed E-state index contributed by atoms with van der Waals surface area (Å²) in [7, 11) is 0. The fraction of sp³-hybridized carbons (Fsp3) is 0.611. The Hall–Kier alpha value is -1.59. The molecule has 1 atom stereocenters. The number of nitrogens with zero attached hydrogens (tertiary/aromatic N) is 2. The molecule has 126 valence electrons. The molecule has 3 rings (SSSR count). The zero-order valence-corrected chi connectivity index (χ0v) is 14.2. The molecule has 2 aliphatic heterocycles. The van der Waals surface area contributed by atoms with Gasteiger partial charge in [0.1, 0.15) is 0 Å². The van der Waals surface area contributed by atoms with Gasteiger partial charge in [0.25, 0.3) is 0 Å². The van der Waals surface area contributed by atoms with E-state index in [0.717, 1.165) is 37.4 Å². The smallest absolute Gasteiger partial charge is 0.238 e. The van der Waals surface area contributed by atoms with Gasteiger partial charge in [0.15, 0.2) is 0 Å². The number of rotatable bonds is 4. The molecule has 5 nitrogen and oxygen atoms in total. The van der Waals surface area contributed by atoms with Crippen LogP contribution in [-0.4, -0.2) is 56.2 Å². The summed E-state index contributed by atoms with van der Waals surface area (Å²) in [6.07, 6.45) is 2.75. The van der Waals surface area contributed by atoms with Crippen molar-refractivity contribution in [2.75, 3.05) is 49.5 Å². The van der Waals surface area contributed by atoms with E-state index < -0.39 is 0 Å². The van der Waals surface area contributed by atoms with Crippen LogP contribution >= 0.6 is 0 Å². The molecule has 2 heterocycles. The first-order valence-corrected chi connectivity index (χ1v) is 8.61. The van der Waals surface area contributed by atoms with Crippen LogP contribution in [0.3, 0.4) is 0 Å². The first kappa shape index (κ1) is 16.3. The van der Waals surface area contributed by atoms with E-state index in [-0.39, 0.29) is 12.0 Å². The Morgan fingerprint density at radius 1 is 1.30 bits per heavy atom. The zero-order chi connectivity index (χ0) is 16.2. The van der Waals surface area contributed by atoms with E-state index in [2.05, 4.69) is 34.2 Å². The highest BCUT2D eigenvalue weighted by molar-refractivity contribution is 5.93. The topological polar surface area (TPSA) is 44.8 Å². The van der Waals surface area contributed by atoms with Crippen molar-refractivity contribution in [1.82, 2.24) is 4.90 Å². The molecule has 0 bridgehead atoms. The highest BCUT2D eigenvalue weighted by Crippen LogP contribution is 2.25. The Morgan fingerprint density at radius 2 is 2.09 bits per heavy atom. The Labute approximate surface area is 138 Å². The maximum absolute atomic E-state index is 12.3. The first-order valence-electron chi connectivity index (χ1n) is 8.61. The maximum Gasteiger partial charge on any atom is 0.238 e. The average Bonchev–Trinajstić information content (AvgIpc) is 3.03. The van der Waals surface area contributed by atoms with Gasteiger partial charge in [0.2, 0.25) is 5.91 Å². The summed E-state index contributed by atoms with van der Waals surface area (Å²) in [5.41, 5.74) is 3.30. The molecule has 1 aromatic carbocycles. The van der Waals surface area contributed by atoms with Gasteiger partial charge in [-0.2, -0.15) is 0 Å². The van der Waals surface area contributed by atoms with Crippen LogP contribution in [0, 0.1) is 6.92 Å². The van der Waals surface area contributed by atoms with Gasteiger partial charge in [0, 0.05) is 37.6 Å². The number of carbonyl (C=O) groups excluding carboxylic acids is 1. The van der Waals surface area contributed by atoms with Gasteiger partial charge in [-0.05, 0) is 50.5 Å². The van der Waals surface area contributed by atoms with Gasteiger partial charge in [-0.25, -0.2) is 0 Å². The van der Waals surface area contributed by atoms with Crippen LogP contribution in [0.1, 0.15) is 25.3 Å². The Morgan fingerprint density at radius 3 is 2.78 bits per heavy atom. The summed E-state index contributed by atoms with van der Waals surface area (Å²) in [5.74, 6) is 0.0520. The van der Waals surface area contributed by atoms with Crippen molar-refractivity contribution in [3.05, 3.63) is 23.8 Å². The molecule has 0 spiro atoms. The molecule has 0 aliphatic carbocycles. The minimum absolute atomic E-state index is 0.0520. The molecule has 1 aromatic rings. The molecular formula is C18H27N3O2. The molecule has 23 heavy (non-hydrogen) atoms. The van der Waals surface area contributed by atoms with Crippen molar-refractivity contribution in [1.29, 1.82) is 0 Å². The second-order valence-electron chi connectivity index (χ2n) is 6.66. The quantitative estimate of drug-likeness (QED) is 0.925. The third-order valence-electron chi connectivity index (χ3n) is 4.65. The third-order valence-corrected chi connectivity index (χ3v) is 4.65. The molecule has 5 heteroatoms. The minimum atomic E-state index is 0.0520. The average molecular weight is 317 g/mol. The number of ether oxygens (including phenoxy) is 1. The second-order valence-corrected chi connectivity index (χ2v) is 6.66. The van der Waals surface area contributed by atoms with Crippen LogP contribution < -0.4 is 10.2 Å². The normalized spacial score (nSPS) is 22.3. The summed E-state index contributed by atoms with van der Waals surface area (Å²) in [6.45, 7) is 9.17. The molecular weight excluding hydrogens is 290 g/mol. The molecule has 2 saturated heterocycles. The third kappa shape index (κ3) is 4.24. The van der Waals surface area contributed by atoms with Crippen LogP contribution in [0.4, 0.5) is 11.4 Å². The SMILES string of the molecule is Cc1cc(N2CCCC2)ccc1NC(=O)CN1CCOC(C)C1. The van der Waals surface area contributed by atoms with Gasteiger partial charge in [-0.3, -0.25) is 9.69 Å². The van der Waals surface area contributed by atoms with E-state index >= 15 is 0 Å². The van der Waals surface area contributed by atoms with E-state index in [4.69, 9.17) is 4.74 Å². The first-order chi connectivity index (χ1) is 11.1. The number of aryl methyl sites for hydroxylation is 1. The summed E-state index contributed by atoms with van der Waals surface area (Å²) in [6, 6.07) is 6.32.